The maximum atomic E-state index is 11.2. The molecule has 1 aromatic rings. The summed E-state index contributed by atoms with van der Waals surface area (Å²) < 4.78 is 0. The Morgan fingerprint density at radius 1 is 1.62 bits per heavy atom. The number of halogens is 2. The molecule has 1 amide bonds. The van der Waals surface area contributed by atoms with Crippen molar-refractivity contribution in [1.82, 2.24) is 15.3 Å². The number of carbonyl (C=O) groups excluding carboxylic acids is 1. The minimum Gasteiger partial charge on any atom is -0.349 e. The van der Waals surface area contributed by atoms with E-state index in [4.69, 9.17) is 23.2 Å². The largest absolute Gasteiger partial charge is 0.349 e. The topological polar surface area (TPSA) is 57.8 Å². The van der Waals surface area contributed by atoms with Gasteiger partial charge in [0.05, 0.1) is 0 Å². The van der Waals surface area contributed by atoms with Gasteiger partial charge in [0, 0.05) is 6.54 Å². The number of hydrogen-bond acceptors (Lipinski definition) is 2. The minimum absolute atomic E-state index is 0.114. The van der Waals surface area contributed by atoms with Gasteiger partial charge in [0.25, 0.3) is 5.91 Å². The molecule has 13 heavy (non-hydrogen) atoms. The number of aromatic nitrogens is 2. The first kappa shape index (κ1) is 10.3. The van der Waals surface area contributed by atoms with Crippen molar-refractivity contribution in [2.75, 3.05) is 6.54 Å². The Labute approximate surface area is 85.6 Å². The zero-order chi connectivity index (χ0) is 9.84. The number of amides is 1. The highest BCUT2D eigenvalue weighted by molar-refractivity contribution is 6.40. The SMILES string of the molecule is CCCNC(=O)c1nc(Cl)c(Cl)[nH]1. The molecule has 1 aromatic heterocycles. The number of carbonyl (C=O) groups is 1. The Hall–Kier alpha value is -0.740. The molecule has 0 spiro atoms. The van der Waals surface area contributed by atoms with E-state index in [1.807, 2.05) is 6.92 Å². The van der Waals surface area contributed by atoms with Gasteiger partial charge in [0.15, 0.2) is 11.0 Å². The second-order valence-corrected chi connectivity index (χ2v) is 3.18. The summed E-state index contributed by atoms with van der Waals surface area (Å²) in [5.41, 5.74) is 0. The van der Waals surface area contributed by atoms with E-state index >= 15 is 0 Å². The molecule has 6 heteroatoms. The highest BCUT2D eigenvalue weighted by Gasteiger charge is 2.12. The summed E-state index contributed by atoms with van der Waals surface area (Å²) in [6.07, 6.45) is 0.869. The Balaban J connectivity index is 2.66. The summed E-state index contributed by atoms with van der Waals surface area (Å²) in [6, 6.07) is 0. The molecule has 4 nitrogen and oxygen atoms in total. The molecule has 0 atom stereocenters. The summed E-state index contributed by atoms with van der Waals surface area (Å²) in [4.78, 5) is 17.5. The van der Waals surface area contributed by atoms with Gasteiger partial charge in [-0.05, 0) is 6.42 Å². The van der Waals surface area contributed by atoms with E-state index in [-0.39, 0.29) is 22.0 Å². The van der Waals surface area contributed by atoms with E-state index in [9.17, 15) is 4.79 Å². The van der Waals surface area contributed by atoms with Gasteiger partial charge in [-0.3, -0.25) is 4.79 Å². The van der Waals surface area contributed by atoms with E-state index in [1.54, 1.807) is 0 Å². The van der Waals surface area contributed by atoms with Crippen LogP contribution in [0.5, 0.6) is 0 Å². The lowest BCUT2D eigenvalue weighted by atomic mass is 10.4. The smallest absolute Gasteiger partial charge is 0.287 e. The number of aromatic amines is 1. The second kappa shape index (κ2) is 4.48. The van der Waals surface area contributed by atoms with Crippen LogP contribution in [-0.4, -0.2) is 22.4 Å². The lowest BCUT2D eigenvalue weighted by Crippen LogP contribution is -2.25. The number of hydrogen-bond donors (Lipinski definition) is 2. The van der Waals surface area contributed by atoms with Crippen LogP contribution < -0.4 is 5.32 Å². The Morgan fingerprint density at radius 3 is 2.77 bits per heavy atom. The van der Waals surface area contributed by atoms with Crippen molar-refractivity contribution in [3.8, 4) is 0 Å². The fourth-order valence-corrected chi connectivity index (χ4v) is 1.02. The maximum absolute atomic E-state index is 11.2. The van der Waals surface area contributed by atoms with Crippen LogP contribution in [0.4, 0.5) is 0 Å². The fraction of sp³-hybridized carbons (Fsp3) is 0.429. The first-order valence-corrected chi connectivity index (χ1v) is 4.60. The van der Waals surface area contributed by atoms with Crippen LogP contribution in [0.2, 0.25) is 10.3 Å². The first-order chi connectivity index (χ1) is 6.15. The summed E-state index contributed by atoms with van der Waals surface area (Å²) in [6.45, 7) is 2.57. The van der Waals surface area contributed by atoms with Crippen LogP contribution in [0.1, 0.15) is 24.0 Å². The molecule has 2 N–H and O–H groups in total. The van der Waals surface area contributed by atoms with Crippen molar-refractivity contribution in [3.63, 3.8) is 0 Å². The normalized spacial score (nSPS) is 10.1. The van der Waals surface area contributed by atoms with Gasteiger partial charge in [-0.25, -0.2) is 4.98 Å². The summed E-state index contributed by atoms with van der Waals surface area (Å²) in [7, 11) is 0. The first-order valence-electron chi connectivity index (χ1n) is 3.84. The van der Waals surface area contributed by atoms with Gasteiger partial charge in [-0.15, -0.1) is 0 Å². The number of H-pyrrole nitrogens is 1. The lowest BCUT2D eigenvalue weighted by Gasteiger charge is -1.98. The van der Waals surface area contributed by atoms with Crippen LogP contribution in [0.15, 0.2) is 0 Å². The molecule has 0 radical (unpaired) electrons. The maximum Gasteiger partial charge on any atom is 0.287 e. The third-order valence-electron chi connectivity index (χ3n) is 1.37. The van der Waals surface area contributed by atoms with E-state index < -0.39 is 0 Å². The standard InChI is InChI=1S/C7H9Cl2N3O/c1-2-3-10-7(13)6-11-4(8)5(9)12-6/h2-3H2,1H3,(H,10,13)(H,11,12). The van der Waals surface area contributed by atoms with Gasteiger partial charge in [0.1, 0.15) is 5.15 Å². The highest BCUT2D eigenvalue weighted by atomic mass is 35.5. The molecule has 1 rings (SSSR count). The Bertz CT molecular complexity index is 291. The summed E-state index contributed by atoms with van der Waals surface area (Å²) >= 11 is 11.1. The van der Waals surface area contributed by atoms with E-state index in [0.29, 0.717) is 6.54 Å². The number of imidazole rings is 1. The van der Waals surface area contributed by atoms with Gasteiger partial charge in [-0.2, -0.15) is 0 Å². The zero-order valence-electron chi connectivity index (χ0n) is 7.03. The Morgan fingerprint density at radius 2 is 2.31 bits per heavy atom. The van der Waals surface area contributed by atoms with E-state index in [2.05, 4.69) is 15.3 Å². The number of nitrogens with zero attached hydrogens (tertiary/aromatic N) is 1. The molecule has 0 aliphatic carbocycles. The molecule has 0 fully saturated rings. The Kier molecular flexibility index (Phi) is 3.57. The number of rotatable bonds is 3. The average molecular weight is 222 g/mol. The highest BCUT2D eigenvalue weighted by Crippen LogP contribution is 2.17. The van der Waals surface area contributed by atoms with Crippen LogP contribution in [0.25, 0.3) is 0 Å². The molecule has 0 saturated heterocycles. The molecule has 0 aromatic carbocycles. The van der Waals surface area contributed by atoms with Crippen molar-refractivity contribution < 1.29 is 4.79 Å². The third kappa shape index (κ3) is 2.60. The van der Waals surface area contributed by atoms with Gasteiger partial charge in [0.2, 0.25) is 0 Å². The van der Waals surface area contributed by atoms with E-state index in [1.165, 1.54) is 0 Å². The predicted octanol–water partition coefficient (Wildman–Crippen LogP) is 1.86. The average Bonchev–Trinajstić information content (AvgIpc) is 2.43. The molecule has 72 valence electrons. The van der Waals surface area contributed by atoms with Crippen LogP contribution >= 0.6 is 23.2 Å². The van der Waals surface area contributed by atoms with Crippen molar-refractivity contribution in [3.05, 3.63) is 16.1 Å². The van der Waals surface area contributed by atoms with E-state index in [0.717, 1.165) is 6.42 Å². The number of nitrogens with one attached hydrogen (secondary N) is 2. The molecular weight excluding hydrogens is 213 g/mol. The van der Waals surface area contributed by atoms with Crippen molar-refractivity contribution in [2.45, 2.75) is 13.3 Å². The fourth-order valence-electron chi connectivity index (χ4n) is 0.761. The quantitative estimate of drug-likeness (QED) is 0.819. The van der Waals surface area contributed by atoms with Crippen LogP contribution in [-0.2, 0) is 0 Å². The minimum atomic E-state index is -0.296. The van der Waals surface area contributed by atoms with Crippen molar-refractivity contribution in [1.29, 1.82) is 0 Å². The van der Waals surface area contributed by atoms with Gasteiger partial charge in [-0.1, -0.05) is 30.1 Å². The summed E-state index contributed by atoms with van der Waals surface area (Å²) in [5, 5.41) is 2.94. The van der Waals surface area contributed by atoms with Crippen LogP contribution in [0.3, 0.4) is 0 Å². The molecule has 0 bridgehead atoms. The molecule has 0 saturated carbocycles. The molecular formula is C7H9Cl2N3O. The third-order valence-corrected chi connectivity index (χ3v) is 2.01. The second-order valence-electron chi connectivity index (χ2n) is 2.45. The monoisotopic (exact) mass is 221 g/mol. The molecule has 0 aliphatic rings. The van der Waals surface area contributed by atoms with Gasteiger partial charge < -0.3 is 10.3 Å². The summed E-state index contributed by atoms with van der Waals surface area (Å²) in [5.74, 6) is -0.154. The van der Waals surface area contributed by atoms with Crippen molar-refractivity contribution in [2.24, 2.45) is 0 Å². The molecule has 0 unspecified atom stereocenters. The van der Waals surface area contributed by atoms with Crippen LogP contribution in [0, 0.1) is 0 Å². The van der Waals surface area contributed by atoms with Gasteiger partial charge >= 0.3 is 0 Å². The lowest BCUT2D eigenvalue weighted by molar-refractivity contribution is 0.0944. The molecule has 0 aliphatic heterocycles. The van der Waals surface area contributed by atoms with Crippen molar-refractivity contribution >= 4 is 29.1 Å². The molecule has 1 heterocycles. The zero-order valence-corrected chi connectivity index (χ0v) is 8.54. The predicted molar refractivity (Wildman–Crippen MR) is 51.2 cm³/mol.